The molecule has 3 rings (SSSR count). The number of nitriles is 1. The summed E-state index contributed by atoms with van der Waals surface area (Å²) in [6.07, 6.45) is 0. The second kappa shape index (κ2) is 5.26. The molecule has 21 heavy (non-hydrogen) atoms. The van der Waals surface area contributed by atoms with Crippen molar-refractivity contribution in [2.24, 2.45) is 0 Å². The molecule has 3 aromatic rings. The molecule has 0 bridgehead atoms. The molecule has 0 N–H and O–H groups in total. The molecule has 1 aromatic heterocycles. The fourth-order valence-electron chi connectivity index (χ4n) is 2.31. The highest BCUT2D eigenvalue weighted by Crippen LogP contribution is 2.25. The molecule has 102 valence electrons. The van der Waals surface area contributed by atoms with Gasteiger partial charge in [0.2, 0.25) is 0 Å². The molecule has 0 unspecified atom stereocenters. The lowest BCUT2D eigenvalue weighted by atomic mass is 10.0. The van der Waals surface area contributed by atoms with Gasteiger partial charge in [-0.25, -0.2) is 4.68 Å². The zero-order chi connectivity index (χ0) is 14.8. The summed E-state index contributed by atoms with van der Waals surface area (Å²) in [6.45, 7) is 4.18. The fourth-order valence-corrected chi connectivity index (χ4v) is 2.31. The Morgan fingerprint density at radius 2 is 1.71 bits per heavy atom. The predicted molar refractivity (Wildman–Crippen MR) is 83.2 cm³/mol. The Morgan fingerprint density at radius 1 is 0.952 bits per heavy atom. The monoisotopic (exact) mass is 273 g/mol. The minimum absolute atomic E-state index is 0.423. The average molecular weight is 273 g/mol. The molecule has 3 nitrogen and oxygen atoms in total. The van der Waals surface area contributed by atoms with Crippen molar-refractivity contribution in [1.82, 2.24) is 9.78 Å². The Labute approximate surface area is 124 Å². The molecule has 0 spiro atoms. The Kier molecular flexibility index (Phi) is 3.29. The van der Waals surface area contributed by atoms with Crippen LogP contribution in [0.1, 0.15) is 16.8 Å². The van der Waals surface area contributed by atoms with Gasteiger partial charge in [0.15, 0.2) is 5.69 Å². The van der Waals surface area contributed by atoms with E-state index in [1.54, 1.807) is 0 Å². The van der Waals surface area contributed by atoms with E-state index in [-0.39, 0.29) is 0 Å². The van der Waals surface area contributed by atoms with Crippen molar-refractivity contribution in [3.63, 3.8) is 0 Å². The number of nitrogens with zero attached hydrogens (tertiary/aromatic N) is 3. The summed E-state index contributed by atoms with van der Waals surface area (Å²) >= 11 is 0. The number of rotatable bonds is 2. The van der Waals surface area contributed by atoms with Gasteiger partial charge in [-0.1, -0.05) is 30.3 Å². The lowest BCUT2D eigenvalue weighted by Gasteiger charge is -2.09. The normalized spacial score (nSPS) is 10.3. The van der Waals surface area contributed by atoms with E-state index in [9.17, 15) is 0 Å². The van der Waals surface area contributed by atoms with E-state index >= 15 is 0 Å². The van der Waals surface area contributed by atoms with Crippen molar-refractivity contribution < 1.29 is 0 Å². The Bertz CT molecular complexity index is 823. The van der Waals surface area contributed by atoms with Crippen LogP contribution in [0.15, 0.2) is 54.6 Å². The maximum absolute atomic E-state index is 9.14. The van der Waals surface area contributed by atoms with Crippen LogP contribution in [0.2, 0.25) is 0 Å². The highest BCUT2D eigenvalue weighted by atomic mass is 15.3. The summed E-state index contributed by atoms with van der Waals surface area (Å²) in [5.41, 5.74) is 5.85. The second-order valence-electron chi connectivity index (χ2n) is 5.07. The van der Waals surface area contributed by atoms with Crippen molar-refractivity contribution in [2.45, 2.75) is 13.8 Å². The molecule has 1 heterocycles. The van der Waals surface area contributed by atoms with Crippen LogP contribution >= 0.6 is 0 Å². The summed E-state index contributed by atoms with van der Waals surface area (Å²) in [6, 6.07) is 20.1. The summed E-state index contributed by atoms with van der Waals surface area (Å²) in [5, 5.41) is 13.5. The molecule has 0 aliphatic rings. The van der Waals surface area contributed by atoms with Crippen LogP contribution in [0.5, 0.6) is 0 Å². The Hall–Kier alpha value is -2.86. The van der Waals surface area contributed by atoms with Gasteiger partial charge in [0.05, 0.1) is 11.4 Å². The van der Waals surface area contributed by atoms with Gasteiger partial charge in [0.1, 0.15) is 6.07 Å². The molecule has 0 aliphatic heterocycles. The topological polar surface area (TPSA) is 41.6 Å². The van der Waals surface area contributed by atoms with E-state index in [2.05, 4.69) is 43.2 Å². The van der Waals surface area contributed by atoms with E-state index in [4.69, 9.17) is 5.26 Å². The smallest absolute Gasteiger partial charge is 0.163 e. The standard InChI is InChI=1S/C18H15N3/c1-13-8-9-15(10-14(13)2)18-11-16(12-19)20-21(18)17-6-4-3-5-7-17/h3-11H,1-2H3. The Balaban J connectivity index is 2.20. The molecule has 0 aliphatic carbocycles. The van der Waals surface area contributed by atoms with Crippen LogP contribution in [0.3, 0.4) is 0 Å². The van der Waals surface area contributed by atoms with Gasteiger partial charge in [-0.2, -0.15) is 10.4 Å². The van der Waals surface area contributed by atoms with E-state index in [1.807, 2.05) is 41.1 Å². The maximum Gasteiger partial charge on any atom is 0.163 e. The Morgan fingerprint density at radius 3 is 2.38 bits per heavy atom. The number of benzene rings is 2. The molecule has 0 saturated heterocycles. The molecular formula is C18H15N3. The molecule has 2 aromatic carbocycles. The second-order valence-corrected chi connectivity index (χ2v) is 5.07. The first-order chi connectivity index (χ1) is 10.2. The van der Waals surface area contributed by atoms with Crippen LogP contribution in [0.4, 0.5) is 0 Å². The fraction of sp³-hybridized carbons (Fsp3) is 0.111. The van der Waals surface area contributed by atoms with Gasteiger partial charge >= 0.3 is 0 Å². The lowest BCUT2D eigenvalue weighted by Crippen LogP contribution is -1.99. The lowest BCUT2D eigenvalue weighted by molar-refractivity contribution is 0.880. The molecular weight excluding hydrogens is 258 g/mol. The first kappa shape index (κ1) is 13.1. The molecule has 0 saturated carbocycles. The largest absolute Gasteiger partial charge is 0.232 e. The van der Waals surface area contributed by atoms with Crippen LogP contribution in [-0.4, -0.2) is 9.78 Å². The zero-order valence-electron chi connectivity index (χ0n) is 12.0. The number of hydrogen-bond acceptors (Lipinski definition) is 2. The minimum Gasteiger partial charge on any atom is -0.232 e. The highest BCUT2D eigenvalue weighted by Gasteiger charge is 2.11. The molecule has 0 atom stereocenters. The molecule has 0 fully saturated rings. The highest BCUT2D eigenvalue weighted by molar-refractivity contribution is 5.65. The third kappa shape index (κ3) is 2.44. The van der Waals surface area contributed by atoms with Crippen molar-refractivity contribution in [3.8, 4) is 23.0 Å². The number of para-hydroxylation sites is 1. The quantitative estimate of drug-likeness (QED) is 0.707. The maximum atomic E-state index is 9.14. The van der Waals surface area contributed by atoms with Gasteiger partial charge in [0.25, 0.3) is 0 Å². The van der Waals surface area contributed by atoms with Gasteiger partial charge in [-0.15, -0.1) is 0 Å². The van der Waals surface area contributed by atoms with E-state index in [0.29, 0.717) is 5.69 Å². The third-order valence-electron chi connectivity index (χ3n) is 3.63. The molecule has 3 heteroatoms. The van der Waals surface area contributed by atoms with Crippen molar-refractivity contribution in [3.05, 3.63) is 71.4 Å². The average Bonchev–Trinajstić information content (AvgIpc) is 2.95. The van der Waals surface area contributed by atoms with Gasteiger partial charge in [-0.3, -0.25) is 0 Å². The van der Waals surface area contributed by atoms with Gasteiger partial charge in [-0.05, 0) is 43.2 Å². The third-order valence-corrected chi connectivity index (χ3v) is 3.63. The van der Waals surface area contributed by atoms with E-state index in [1.165, 1.54) is 11.1 Å². The van der Waals surface area contributed by atoms with E-state index in [0.717, 1.165) is 16.9 Å². The first-order valence-corrected chi connectivity index (χ1v) is 6.82. The molecule has 0 amide bonds. The SMILES string of the molecule is Cc1ccc(-c2cc(C#N)nn2-c2ccccc2)cc1C. The van der Waals surface area contributed by atoms with Crippen molar-refractivity contribution in [2.75, 3.05) is 0 Å². The summed E-state index contributed by atoms with van der Waals surface area (Å²) in [7, 11) is 0. The van der Waals surface area contributed by atoms with Crippen molar-refractivity contribution >= 4 is 0 Å². The van der Waals surface area contributed by atoms with Crippen LogP contribution in [-0.2, 0) is 0 Å². The number of aromatic nitrogens is 2. The van der Waals surface area contributed by atoms with Crippen LogP contribution < -0.4 is 0 Å². The van der Waals surface area contributed by atoms with Crippen LogP contribution in [0, 0.1) is 25.2 Å². The zero-order valence-corrected chi connectivity index (χ0v) is 12.0. The van der Waals surface area contributed by atoms with Gasteiger partial charge < -0.3 is 0 Å². The summed E-state index contributed by atoms with van der Waals surface area (Å²) < 4.78 is 1.82. The number of aryl methyl sites for hydroxylation is 2. The first-order valence-electron chi connectivity index (χ1n) is 6.82. The van der Waals surface area contributed by atoms with Crippen LogP contribution in [0.25, 0.3) is 16.9 Å². The molecule has 0 radical (unpaired) electrons. The van der Waals surface area contributed by atoms with Gasteiger partial charge in [0, 0.05) is 11.6 Å². The minimum atomic E-state index is 0.423. The predicted octanol–water partition coefficient (Wildman–Crippen LogP) is 4.03. The summed E-state index contributed by atoms with van der Waals surface area (Å²) in [5.74, 6) is 0. The van der Waals surface area contributed by atoms with Crippen molar-refractivity contribution in [1.29, 1.82) is 5.26 Å². The summed E-state index contributed by atoms with van der Waals surface area (Å²) in [4.78, 5) is 0. The number of hydrogen-bond donors (Lipinski definition) is 0. The van der Waals surface area contributed by atoms with E-state index < -0.39 is 0 Å².